The third kappa shape index (κ3) is 6.41. The summed E-state index contributed by atoms with van der Waals surface area (Å²) in [6.45, 7) is 8.67. The molecule has 4 heteroatoms. The van der Waals surface area contributed by atoms with Gasteiger partial charge in [0.15, 0.2) is 11.6 Å². The molecule has 0 aliphatic heterocycles. The van der Waals surface area contributed by atoms with Gasteiger partial charge < -0.3 is 0 Å². The first kappa shape index (κ1) is 38.9. The minimum absolute atomic E-state index is 0.0828. The van der Waals surface area contributed by atoms with E-state index >= 15 is 0 Å². The van der Waals surface area contributed by atoms with Gasteiger partial charge in [0, 0.05) is 32.9 Å². The van der Waals surface area contributed by atoms with Gasteiger partial charge in [0.2, 0.25) is 5.95 Å². The van der Waals surface area contributed by atoms with Crippen LogP contribution in [0.2, 0.25) is 0 Å². The minimum atomic E-state index is -0.0828. The van der Waals surface area contributed by atoms with E-state index < -0.39 is 0 Å². The quantitative estimate of drug-likeness (QED) is 0.168. The summed E-state index contributed by atoms with van der Waals surface area (Å²) in [6, 6.07) is 73.7. The first-order chi connectivity index (χ1) is 31.5. The maximum atomic E-state index is 5.40. The molecule has 0 saturated carbocycles. The summed E-state index contributed by atoms with van der Waals surface area (Å²) in [5.74, 6) is 1.79. The van der Waals surface area contributed by atoms with Crippen LogP contribution in [0, 0.1) is 0 Å². The highest BCUT2D eigenvalue weighted by molar-refractivity contribution is 6.23. The van der Waals surface area contributed by atoms with Crippen molar-refractivity contribution in [3.05, 3.63) is 217 Å². The lowest BCUT2D eigenvalue weighted by molar-refractivity contribution is 0.660. The van der Waals surface area contributed by atoms with E-state index in [0.29, 0.717) is 17.6 Å². The van der Waals surface area contributed by atoms with Gasteiger partial charge in [-0.05, 0) is 73.0 Å². The Morgan fingerprint density at radius 1 is 0.375 bits per heavy atom. The molecule has 0 unspecified atom stereocenters. The fourth-order valence-electron chi connectivity index (χ4n) is 9.77. The molecule has 9 aromatic carbocycles. The number of hydrogen-bond donors (Lipinski definition) is 0. The normalized spacial score (nSPS) is 12.5. The molecule has 12 rings (SSSR count). The van der Waals surface area contributed by atoms with Gasteiger partial charge in [0.1, 0.15) is 0 Å². The van der Waals surface area contributed by atoms with Crippen LogP contribution in [0.25, 0.3) is 106 Å². The number of para-hydroxylation sites is 1. The van der Waals surface area contributed by atoms with Crippen LogP contribution in [0.3, 0.4) is 0 Å². The van der Waals surface area contributed by atoms with Gasteiger partial charge in [-0.25, -0.2) is 4.98 Å². The molecule has 0 saturated heterocycles. The van der Waals surface area contributed by atoms with Crippen molar-refractivity contribution in [2.45, 2.75) is 33.1 Å². The SMILES string of the molecule is CC.CC1(C)c2ccccc2-c2cc(-c3cccc4c5c6ccccc6ccc5n(-c5nc(-c6ccc(-c7ccccc7)cc6)nc(-c6ccc(-c7ccccc7)cc6)n5)c34)ccc21. The molecule has 306 valence electrons. The van der Waals surface area contributed by atoms with Gasteiger partial charge in [0.05, 0.1) is 11.0 Å². The smallest absolute Gasteiger partial charge is 0.238 e. The topological polar surface area (TPSA) is 43.6 Å². The Bertz CT molecular complexity index is 3410. The van der Waals surface area contributed by atoms with Crippen molar-refractivity contribution >= 4 is 32.6 Å². The van der Waals surface area contributed by atoms with Crippen LogP contribution < -0.4 is 0 Å². The molecular weight excluding hydrogens is 777 g/mol. The first-order valence-corrected chi connectivity index (χ1v) is 22.3. The monoisotopic (exact) mass is 822 g/mol. The third-order valence-corrected chi connectivity index (χ3v) is 12.9. The predicted octanol–water partition coefficient (Wildman–Crippen LogP) is 15.8. The van der Waals surface area contributed by atoms with Gasteiger partial charge in [-0.3, -0.25) is 4.57 Å². The molecular formula is C60H46N4. The molecule has 11 aromatic rings. The molecule has 1 aliphatic carbocycles. The summed E-state index contributed by atoms with van der Waals surface area (Å²) in [7, 11) is 0. The van der Waals surface area contributed by atoms with E-state index in [-0.39, 0.29) is 5.41 Å². The molecule has 0 radical (unpaired) electrons. The summed E-state index contributed by atoms with van der Waals surface area (Å²) in [5, 5.41) is 4.71. The van der Waals surface area contributed by atoms with Crippen LogP contribution in [-0.4, -0.2) is 19.5 Å². The van der Waals surface area contributed by atoms with Gasteiger partial charge in [-0.1, -0.05) is 222 Å². The second-order valence-corrected chi connectivity index (χ2v) is 16.8. The Balaban J connectivity index is 0.00000225. The summed E-state index contributed by atoms with van der Waals surface area (Å²) in [4.78, 5) is 16.0. The van der Waals surface area contributed by atoms with Crippen molar-refractivity contribution in [2.75, 3.05) is 0 Å². The van der Waals surface area contributed by atoms with E-state index in [4.69, 9.17) is 15.0 Å². The van der Waals surface area contributed by atoms with Crippen LogP contribution in [-0.2, 0) is 5.41 Å². The maximum absolute atomic E-state index is 5.40. The van der Waals surface area contributed by atoms with E-state index in [1.54, 1.807) is 0 Å². The van der Waals surface area contributed by atoms with Gasteiger partial charge in [-0.2, -0.15) is 9.97 Å². The maximum Gasteiger partial charge on any atom is 0.238 e. The van der Waals surface area contributed by atoms with Crippen molar-refractivity contribution in [1.29, 1.82) is 0 Å². The van der Waals surface area contributed by atoms with Crippen LogP contribution in [0.4, 0.5) is 0 Å². The van der Waals surface area contributed by atoms with Crippen LogP contribution >= 0.6 is 0 Å². The molecule has 2 aromatic heterocycles. The fraction of sp³-hybridized carbons (Fsp3) is 0.0833. The summed E-state index contributed by atoms with van der Waals surface area (Å²) in [5.41, 5.74) is 16.0. The largest absolute Gasteiger partial charge is 0.277 e. The first-order valence-electron chi connectivity index (χ1n) is 22.3. The standard InChI is InChI=1S/C58H40N4.C2H6/c1-58(2)50-23-12-11-20-47(50)49-36-44(32-34-51(49)58)46-21-13-22-48-53-45-19-10-9-18-41(45)33-35-52(53)62(54(46)48)57-60-55(42-28-24-39(25-29-42)37-14-5-3-6-15-37)59-56(61-57)43-30-26-40(27-31-43)38-16-7-4-8-17-38;1-2/h3-36H,1-2H3;1-2H3. The Labute approximate surface area is 374 Å². The second-order valence-electron chi connectivity index (χ2n) is 16.8. The number of hydrogen-bond acceptors (Lipinski definition) is 3. The van der Waals surface area contributed by atoms with Crippen molar-refractivity contribution in [3.8, 4) is 73.2 Å². The fourth-order valence-corrected chi connectivity index (χ4v) is 9.77. The van der Waals surface area contributed by atoms with Crippen molar-refractivity contribution < 1.29 is 0 Å². The minimum Gasteiger partial charge on any atom is -0.277 e. The summed E-state index contributed by atoms with van der Waals surface area (Å²) >= 11 is 0. The lowest BCUT2D eigenvalue weighted by atomic mass is 9.82. The molecule has 4 nitrogen and oxygen atoms in total. The van der Waals surface area contributed by atoms with Crippen molar-refractivity contribution in [2.24, 2.45) is 0 Å². The van der Waals surface area contributed by atoms with Gasteiger partial charge >= 0.3 is 0 Å². The summed E-state index contributed by atoms with van der Waals surface area (Å²) in [6.07, 6.45) is 0. The molecule has 0 fully saturated rings. The summed E-state index contributed by atoms with van der Waals surface area (Å²) < 4.78 is 2.28. The van der Waals surface area contributed by atoms with E-state index in [9.17, 15) is 0 Å². The average molecular weight is 823 g/mol. The lowest BCUT2D eigenvalue weighted by Gasteiger charge is -2.21. The molecule has 1 aliphatic rings. The van der Waals surface area contributed by atoms with Gasteiger partial charge in [0.25, 0.3) is 0 Å². The predicted molar refractivity (Wildman–Crippen MR) is 268 cm³/mol. The van der Waals surface area contributed by atoms with Crippen molar-refractivity contribution in [3.63, 3.8) is 0 Å². The van der Waals surface area contributed by atoms with E-state index in [2.05, 4.69) is 213 Å². The Morgan fingerprint density at radius 2 is 0.875 bits per heavy atom. The number of nitrogens with zero attached hydrogens (tertiary/aromatic N) is 4. The highest BCUT2D eigenvalue weighted by Crippen LogP contribution is 2.50. The van der Waals surface area contributed by atoms with Crippen LogP contribution in [0.1, 0.15) is 38.8 Å². The van der Waals surface area contributed by atoms with E-state index in [1.165, 1.54) is 49.5 Å². The van der Waals surface area contributed by atoms with Crippen LogP contribution in [0.5, 0.6) is 0 Å². The molecule has 0 N–H and O–H groups in total. The van der Waals surface area contributed by atoms with E-state index in [1.807, 2.05) is 26.0 Å². The molecule has 0 amide bonds. The zero-order valence-corrected chi connectivity index (χ0v) is 36.4. The zero-order valence-electron chi connectivity index (χ0n) is 36.4. The molecule has 0 atom stereocenters. The Morgan fingerprint density at radius 3 is 1.53 bits per heavy atom. The highest BCUT2D eigenvalue weighted by atomic mass is 15.2. The highest BCUT2D eigenvalue weighted by Gasteiger charge is 2.35. The van der Waals surface area contributed by atoms with Crippen LogP contribution in [0.15, 0.2) is 206 Å². The Kier molecular flexibility index (Phi) is 9.58. The molecule has 0 spiro atoms. The molecule has 2 heterocycles. The number of aromatic nitrogens is 4. The lowest BCUT2D eigenvalue weighted by Crippen LogP contribution is -2.14. The third-order valence-electron chi connectivity index (χ3n) is 12.9. The zero-order chi connectivity index (χ0) is 43.4. The van der Waals surface area contributed by atoms with Gasteiger partial charge in [-0.15, -0.1) is 0 Å². The number of benzene rings is 9. The Hall–Kier alpha value is -7.95. The average Bonchev–Trinajstić information content (AvgIpc) is 3.83. The van der Waals surface area contributed by atoms with E-state index in [0.717, 1.165) is 49.8 Å². The number of rotatable bonds is 6. The molecule has 0 bridgehead atoms. The second kappa shape index (κ2) is 15.7. The molecule has 64 heavy (non-hydrogen) atoms. The number of fused-ring (bicyclic) bond motifs is 8. The van der Waals surface area contributed by atoms with Crippen molar-refractivity contribution in [1.82, 2.24) is 19.5 Å².